The Bertz CT molecular complexity index is 159. The first-order valence-electron chi connectivity index (χ1n) is 4.41. The third-order valence-corrected chi connectivity index (χ3v) is 1.76. The van der Waals surface area contributed by atoms with Gasteiger partial charge in [-0.3, -0.25) is 4.79 Å². The van der Waals surface area contributed by atoms with E-state index >= 15 is 0 Å². The molecule has 12 heavy (non-hydrogen) atoms. The second kappa shape index (κ2) is 5.81. The lowest BCUT2D eigenvalue weighted by molar-refractivity contribution is -0.142. The minimum atomic E-state index is -0.679. The molecule has 0 aliphatic heterocycles. The molecule has 1 atom stereocenters. The van der Waals surface area contributed by atoms with Crippen LogP contribution >= 0.6 is 0 Å². The summed E-state index contributed by atoms with van der Waals surface area (Å²) in [5.41, 5.74) is 0. The van der Waals surface area contributed by atoms with Crippen LogP contribution in [0.2, 0.25) is 0 Å². The van der Waals surface area contributed by atoms with Crippen molar-refractivity contribution in [1.29, 1.82) is 0 Å². The summed E-state index contributed by atoms with van der Waals surface area (Å²) in [5, 5.41) is 8.81. The van der Waals surface area contributed by atoms with Crippen molar-refractivity contribution in [2.75, 3.05) is 0 Å². The molecule has 0 aliphatic rings. The molecule has 0 saturated carbocycles. The van der Waals surface area contributed by atoms with Gasteiger partial charge in [0.05, 0.1) is 5.92 Å². The molecular weight excluding hydrogens is 152 g/mol. The van der Waals surface area contributed by atoms with Crippen molar-refractivity contribution in [1.82, 2.24) is 0 Å². The number of aliphatic carboxylic acids is 1. The maximum absolute atomic E-state index is 10.7. The number of allylic oxidation sites excluding steroid dienone is 2. The molecule has 0 radical (unpaired) electrons. The number of carboxylic acids is 1. The van der Waals surface area contributed by atoms with Gasteiger partial charge in [-0.1, -0.05) is 26.0 Å². The quantitative estimate of drug-likeness (QED) is 0.644. The van der Waals surface area contributed by atoms with E-state index in [0.29, 0.717) is 12.3 Å². The van der Waals surface area contributed by atoms with Crippen molar-refractivity contribution in [2.24, 2.45) is 11.8 Å². The first-order chi connectivity index (χ1) is 5.57. The summed E-state index contributed by atoms with van der Waals surface area (Å²) in [5.74, 6) is -0.431. The van der Waals surface area contributed by atoms with Crippen LogP contribution in [0, 0.1) is 11.8 Å². The Morgan fingerprint density at radius 1 is 1.50 bits per heavy atom. The van der Waals surface area contributed by atoms with Crippen LogP contribution in [0.3, 0.4) is 0 Å². The standard InChI is InChI=1S/C10H18O2/c1-4-5-6-9(10(11)12)7-8(2)3/h4-5,8-9H,6-7H2,1-3H3,(H,11,12). The summed E-state index contributed by atoms with van der Waals surface area (Å²) in [7, 11) is 0. The normalized spacial score (nSPS) is 14.0. The van der Waals surface area contributed by atoms with Crippen LogP contribution in [0.15, 0.2) is 12.2 Å². The van der Waals surface area contributed by atoms with Gasteiger partial charge in [0.25, 0.3) is 0 Å². The lowest BCUT2D eigenvalue weighted by Crippen LogP contribution is -2.15. The van der Waals surface area contributed by atoms with Crippen LogP contribution in [0.1, 0.15) is 33.6 Å². The second-order valence-corrected chi connectivity index (χ2v) is 3.47. The van der Waals surface area contributed by atoms with Crippen molar-refractivity contribution in [3.05, 3.63) is 12.2 Å². The van der Waals surface area contributed by atoms with E-state index in [4.69, 9.17) is 5.11 Å². The molecule has 0 rings (SSSR count). The van der Waals surface area contributed by atoms with Crippen molar-refractivity contribution in [3.8, 4) is 0 Å². The summed E-state index contributed by atoms with van der Waals surface area (Å²) in [6.07, 6.45) is 5.24. The van der Waals surface area contributed by atoms with E-state index in [0.717, 1.165) is 6.42 Å². The summed E-state index contributed by atoms with van der Waals surface area (Å²) in [4.78, 5) is 10.7. The topological polar surface area (TPSA) is 37.3 Å². The zero-order valence-electron chi connectivity index (χ0n) is 8.08. The van der Waals surface area contributed by atoms with Gasteiger partial charge in [-0.25, -0.2) is 0 Å². The highest BCUT2D eigenvalue weighted by atomic mass is 16.4. The predicted octanol–water partition coefficient (Wildman–Crippen LogP) is 2.70. The van der Waals surface area contributed by atoms with E-state index in [2.05, 4.69) is 0 Å². The summed E-state index contributed by atoms with van der Waals surface area (Å²) in [6.45, 7) is 6.01. The Labute approximate surface area is 74.3 Å². The highest BCUT2D eigenvalue weighted by molar-refractivity contribution is 5.70. The highest BCUT2D eigenvalue weighted by Crippen LogP contribution is 2.15. The molecule has 0 heterocycles. The molecule has 0 spiro atoms. The first-order valence-corrected chi connectivity index (χ1v) is 4.41. The number of hydrogen-bond acceptors (Lipinski definition) is 1. The van der Waals surface area contributed by atoms with Crippen molar-refractivity contribution in [3.63, 3.8) is 0 Å². The molecule has 2 heteroatoms. The minimum Gasteiger partial charge on any atom is -0.481 e. The molecule has 0 saturated heterocycles. The third-order valence-electron chi connectivity index (χ3n) is 1.76. The van der Waals surface area contributed by atoms with E-state index in [1.165, 1.54) is 0 Å². The molecule has 0 aromatic carbocycles. The SMILES string of the molecule is CC=CCC(CC(C)C)C(=O)O. The number of hydrogen-bond donors (Lipinski definition) is 1. The first kappa shape index (κ1) is 11.2. The van der Waals surface area contributed by atoms with Crippen LogP contribution < -0.4 is 0 Å². The van der Waals surface area contributed by atoms with Gasteiger partial charge in [-0.05, 0) is 25.7 Å². The molecule has 0 aromatic rings. The fourth-order valence-corrected chi connectivity index (χ4v) is 1.17. The van der Waals surface area contributed by atoms with Crippen LogP contribution in [-0.4, -0.2) is 11.1 Å². The average molecular weight is 170 g/mol. The van der Waals surface area contributed by atoms with E-state index in [1.807, 2.05) is 32.9 Å². The van der Waals surface area contributed by atoms with Gasteiger partial charge in [-0.15, -0.1) is 0 Å². The van der Waals surface area contributed by atoms with Gasteiger partial charge in [-0.2, -0.15) is 0 Å². The van der Waals surface area contributed by atoms with Crippen LogP contribution in [0.5, 0.6) is 0 Å². The number of carboxylic acid groups (broad SMARTS) is 1. The average Bonchev–Trinajstić information content (AvgIpc) is 1.96. The smallest absolute Gasteiger partial charge is 0.306 e. The van der Waals surface area contributed by atoms with Gasteiger partial charge < -0.3 is 5.11 Å². The maximum Gasteiger partial charge on any atom is 0.306 e. The van der Waals surface area contributed by atoms with Crippen LogP contribution in [0.25, 0.3) is 0 Å². The molecule has 70 valence electrons. The van der Waals surface area contributed by atoms with Gasteiger partial charge in [0.15, 0.2) is 0 Å². The van der Waals surface area contributed by atoms with Crippen LogP contribution in [0.4, 0.5) is 0 Å². The molecule has 2 nitrogen and oxygen atoms in total. The van der Waals surface area contributed by atoms with Crippen molar-refractivity contribution in [2.45, 2.75) is 33.6 Å². The van der Waals surface area contributed by atoms with Crippen molar-refractivity contribution < 1.29 is 9.90 Å². The van der Waals surface area contributed by atoms with E-state index in [-0.39, 0.29) is 5.92 Å². The highest BCUT2D eigenvalue weighted by Gasteiger charge is 2.16. The van der Waals surface area contributed by atoms with E-state index in [9.17, 15) is 4.79 Å². The second-order valence-electron chi connectivity index (χ2n) is 3.47. The van der Waals surface area contributed by atoms with Gasteiger partial charge in [0.2, 0.25) is 0 Å². The largest absolute Gasteiger partial charge is 0.481 e. The van der Waals surface area contributed by atoms with Gasteiger partial charge in [0.1, 0.15) is 0 Å². The predicted molar refractivity (Wildman–Crippen MR) is 50.0 cm³/mol. The zero-order chi connectivity index (χ0) is 9.56. The van der Waals surface area contributed by atoms with Gasteiger partial charge in [0, 0.05) is 0 Å². The Hall–Kier alpha value is -0.790. The number of carbonyl (C=O) groups is 1. The monoisotopic (exact) mass is 170 g/mol. The molecule has 1 unspecified atom stereocenters. The third kappa shape index (κ3) is 4.94. The molecule has 0 fully saturated rings. The summed E-state index contributed by atoms with van der Waals surface area (Å²) in [6, 6.07) is 0. The molecule has 0 aromatic heterocycles. The number of rotatable bonds is 5. The Morgan fingerprint density at radius 3 is 2.42 bits per heavy atom. The Morgan fingerprint density at radius 2 is 2.08 bits per heavy atom. The molecule has 0 bridgehead atoms. The summed E-state index contributed by atoms with van der Waals surface area (Å²) < 4.78 is 0. The van der Waals surface area contributed by atoms with E-state index < -0.39 is 5.97 Å². The Kier molecular flexibility index (Phi) is 5.43. The molecule has 1 N–H and O–H groups in total. The molecule has 0 amide bonds. The van der Waals surface area contributed by atoms with Crippen molar-refractivity contribution >= 4 is 5.97 Å². The molecule has 0 aliphatic carbocycles. The van der Waals surface area contributed by atoms with Crippen LogP contribution in [-0.2, 0) is 4.79 Å². The fraction of sp³-hybridized carbons (Fsp3) is 0.700. The van der Waals surface area contributed by atoms with Gasteiger partial charge >= 0.3 is 5.97 Å². The fourth-order valence-electron chi connectivity index (χ4n) is 1.17. The maximum atomic E-state index is 10.7. The molecular formula is C10H18O2. The minimum absolute atomic E-state index is 0.207. The Balaban J connectivity index is 3.95. The lowest BCUT2D eigenvalue weighted by Gasteiger charge is -2.11. The summed E-state index contributed by atoms with van der Waals surface area (Å²) >= 11 is 0. The van der Waals surface area contributed by atoms with E-state index in [1.54, 1.807) is 0 Å². The zero-order valence-corrected chi connectivity index (χ0v) is 8.08. The lowest BCUT2D eigenvalue weighted by atomic mass is 9.94.